The molecule has 4 heterocycles. The van der Waals surface area contributed by atoms with Crippen molar-refractivity contribution < 1.29 is 14.0 Å². The second-order valence-electron chi connectivity index (χ2n) is 9.50. The van der Waals surface area contributed by atoms with E-state index >= 15 is 0 Å². The first kappa shape index (κ1) is 22.5. The summed E-state index contributed by atoms with van der Waals surface area (Å²) < 4.78 is 13.5. The number of H-pyrrole nitrogens is 1. The molecule has 3 aliphatic heterocycles. The fourth-order valence-electron chi connectivity index (χ4n) is 5.54. The van der Waals surface area contributed by atoms with E-state index in [2.05, 4.69) is 48.4 Å². The Bertz CT molecular complexity index is 1300. The van der Waals surface area contributed by atoms with E-state index in [9.17, 15) is 14.0 Å². The fraction of sp³-hybridized carbons (Fsp3) is 0.400. The third kappa shape index (κ3) is 4.09. The molecule has 0 bridgehead atoms. The molecule has 0 spiro atoms. The number of carbonyl (C=O) groups is 2. The number of hydrogen-bond donors (Lipinski definition) is 3. The van der Waals surface area contributed by atoms with Gasteiger partial charge in [-0.1, -0.05) is 18.2 Å². The predicted molar refractivity (Wildman–Crippen MR) is 133 cm³/mol. The highest BCUT2D eigenvalue weighted by Gasteiger charge is 2.39. The first-order chi connectivity index (χ1) is 17.0. The Hall–Kier alpha value is -2.95. The van der Waals surface area contributed by atoms with Crippen molar-refractivity contribution in [2.24, 2.45) is 0 Å². The van der Waals surface area contributed by atoms with Crippen molar-refractivity contribution in [1.82, 2.24) is 25.3 Å². The summed E-state index contributed by atoms with van der Waals surface area (Å²) in [4.78, 5) is 30.8. The second-order valence-corrected chi connectivity index (χ2v) is 9.99. The number of carbonyl (C=O) groups excluding carboxylic acids is 2. The second kappa shape index (κ2) is 8.92. The summed E-state index contributed by atoms with van der Waals surface area (Å²) in [6.45, 7) is 4.93. The number of anilines is 1. The summed E-state index contributed by atoms with van der Waals surface area (Å²) in [6.07, 6.45) is 0.892. The SMILES string of the molecule is O=C1CCC(N2Cc3c(CN4CCN(c5n[nH]c6cc(F)ccc56)CC4)cccc3C2S)C(=O)N1. The van der Waals surface area contributed by atoms with Crippen LogP contribution in [0.5, 0.6) is 0 Å². The van der Waals surface area contributed by atoms with Crippen LogP contribution >= 0.6 is 12.6 Å². The summed E-state index contributed by atoms with van der Waals surface area (Å²) in [5, 5.41) is 10.6. The Morgan fingerprint density at radius 2 is 1.94 bits per heavy atom. The average Bonchev–Trinajstić information content (AvgIpc) is 3.41. The number of piperazine rings is 1. The van der Waals surface area contributed by atoms with Gasteiger partial charge in [-0.15, -0.1) is 0 Å². The quantitative estimate of drug-likeness (QED) is 0.382. The largest absolute Gasteiger partial charge is 0.352 e. The van der Waals surface area contributed by atoms with Crippen molar-refractivity contribution in [3.8, 4) is 0 Å². The molecule has 8 nitrogen and oxygen atoms in total. The van der Waals surface area contributed by atoms with Crippen LogP contribution in [0, 0.1) is 5.82 Å². The number of piperidine rings is 1. The van der Waals surface area contributed by atoms with Crippen LogP contribution in [-0.4, -0.2) is 64.0 Å². The van der Waals surface area contributed by atoms with Crippen molar-refractivity contribution in [1.29, 1.82) is 0 Å². The van der Waals surface area contributed by atoms with E-state index in [1.54, 1.807) is 6.07 Å². The lowest BCUT2D eigenvalue weighted by Crippen LogP contribution is -2.51. The summed E-state index contributed by atoms with van der Waals surface area (Å²) >= 11 is 4.84. The molecule has 2 unspecified atom stereocenters. The van der Waals surface area contributed by atoms with Gasteiger partial charge in [0, 0.05) is 51.1 Å². The minimum absolute atomic E-state index is 0.163. The molecule has 2 N–H and O–H groups in total. The van der Waals surface area contributed by atoms with Crippen LogP contribution in [0.1, 0.15) is 34.9 Å². The van der Waals surface area contributed by atoms with Gasteiger partial charge in [0.05, 0.1) is 16.9 Å². The van der Waals surface area contributed by atoms with Gasteiger partial charge in [0.15, 0.2) is 5.82 Å². The fourth-order valence-corrected chi connectivity index (χ4v) is 6.03. The van der Waals surface area contributed by atoms with Crippen LogP contribution < -0.4 is 10.2 Å². The van der Waals surface area contributed by atoms with Crippen molar-refractivity contribution >= 4 is 41.2 Å². The van der Waals surface area contributed by atoms with Gasteiger partial charge in [0.25, 0.3) is 0 Å². The number of benzene rings is 2. The summed E-state index contributed by atoms with van der Waals surface area (Å²) in [7, 11) is 0. The zero-order valence-electron chi connectivity index (χ0n) is 19.2. The molecule has 2 saturated heterocycles. The average molecular weight is 495 g/mol. The molecular weight excluding hydrogens is 467 g/mol. The molecule has 35 heavy (non-hydrogen) atoms. The zero-order valence-corrected chi connectivity index (χ0v) is 20.1. The van der Waals surface area contributed by atoms with Gasteiger partial charge >= 0.3 is 0 Å². The van der Waals surface area contributed by atoms with Gasteiger partial charge < -0.3 is 4.90 Å². The lowest BCUT2D eigenvalue weighted by atomic mass is 10.0. The van der Waals surface area contributed by atoms with E-state index in [4.69, 9.17) is 12.6 Å². The standard InChI is InChI=1S/C25H27FN6O2S/c26-16-4-5-18-20(12-16)28-29-23(18)31-10-8-30(9-11-31)13-15-2-1-3-17-19(15)14-32(25(17)35)21-6-7-22(33)27-24(21)34/h1-5,12,21,25,35H,6-11,13-14H2,(H,28,29)(H,27,33,34). The van der Waals surface area contributed by atoms with Crippen LogP contribution in [0.25, 0.3) is 10.9 Å². The molecule has 3 aliphatic rings. The van der Waals surface area contributed by atoms with E-state index in [0.29, 0.717) is 24.9 Å². The van der Waals surface area contributed by atoms with Gasteiger partial charge in [0.1, 0.15) is 5.82 Å². The van der Waals surface area contributed by atoms with Crippen molar-refractivity contribution in [2.75, 3.05) is 31.1 Å². The van der Waals surface area contributed by atoms with Gasteiger partial charge in [-0.2, -0.15) is 17.7 Å². The smallest absolute Gasteiger partial charge is 0.243 e. The van der Waals surface area contributed by atoms with Crippen molar-refractivity contribution in [2.45, 2.75) is 37.3 Å². The molecule has 2 aromatic carbocycles. The van der Waals surface area contributed by atoms with Gasteiger partial charge in [-0.05, 0) is 41.3 Å². The molecule has 2 amide bonds. The minimum atomic E-state index is -0.337. The monoisotopic (exact) mass is 494 g/mol. The molecule has 0 saturated carbocycles. The van der Waals surface area contributed by atoms with E-state index in [1.165, 1.54) is 23.3 Å². The summed E-state index contributed by atoms with van der Waals surface area (Å²) in [5.41, 5.74) is 4.35. The Morgan fingerprint density at radius 3 is 2.74 bits per heavy atom. The minimum Gasteiger partial charge on any atom is -0.352 e. The molecule has 10 heteroatoms. The number of hydrogen-bond acceptors (Lipinski definition) is 7. The number of amides is 2. The normalized spacial score (nSPS) is 23.7. The lowest BCUT2D eigenvalue weighted by molar-refractivity contribution is -0.137. The Kier molecular flexibility index (Phi) is 5.74. The molecule has 182 valence electrons. The topological polar surface area (TPSA) is 84.6 Å². The number of aromatic amines is 1. The molecular formula is C25H27FN6O2S. The van der Waals surface area contributed by atoms with E-state index in [-0.39, 0.29) is 29.0 Å². The molecule has 2 atom stereocenters. The number of aromatic nitrogens is 2. The van der Waals surface area contributed by atoms with E-state index in [0.717, 1.165) is 49.5 Å². The van der Waals surface area contributed by atoms with Crippen LogP contribution in [-0.2, 0) is 22.7 Å². The summed E-state index contributed by atoms with van der Waals surface area (Å²) in [5.74, 6) is 0.179. The highest BCUT2D eigenvalue weighted by Crippen LogP contribution is 2.41. The third-order valence-electron chi connectivity index (χ3n) is 7.42. The molecule has 2 fully saturated rings. The molecule has 1 aromatic heterocycles. The highest BCUT2D eigenvalue weighted by molar-refractivity contribution is 7.80. The maximum absolute atomic E-state index is 13.5. The molecule has 6 rings (SSSR count). The number of imide groups is 1. The predicted octanol–water partition coefficient (Wildman–Crippen LogP) is 2.57. The molecule has 3 aromatic rings. The van der Waals surface area contributed by atoms with Crippen molar-refractivity contribution in [3.63, 3.8) is 0 Å². The summed E-state index contributed by atoms with van der Waals surface area (Å²) in [6, 6.07) is 10.7. The van der Waals surface area contributed by atoms with Crippen LogP contribution in [0.2, 0.25) is 0 Å². The van der Waals surface area contributed by atoms with E-state index in [1.807, 2.05) is 0 Å². The van der Waals surface area contributed by atoms with Gasteiger partial charge in [-0.25, -0.2) is 4.39 Å². The maximum Gasteiger partial charge on any atom is 0.243 e. The number of nitrogens with one attached hydrogen (secondary N) is 2. The Labute approximate surface area is 207 Å². The number of nitrogens with zero attached hydrogens (tertiary/aromatic N) is 4. The molecule has 0 radical (unpaired) electrons. The number of rotatable bonds is 4. The molecule has 0 aliphatic carbocycles. The third-order valence-corrected chi connectivity index (χ3v) is 8.00. The lowest BCUT2D eigenvalue weighted by Gasteiger charge is -2.35. The van der Waals surface area contributed by atoms with Crippen molar-refractivity contribution in [3.05, 3.63) is 58.9 Å². The maximum atomic E-state index is 13.5. The zero-order chi connectivity index (χ0) is 24.1. The number of fused-ring (bicyclic) bond motifs is 2. The first-order valence-electron chi connectivity index (χ1n) is 12.0. The first-order valence-corrected chi connectivity index (χ1v) is 12.5. The number of thiol groups is 1. The van der Waals surface area contributed by atoms with Crippen LogP contribution in [0.15, 0.2) is 36.4 Å². The Morgan fingerprint density at radius 1 is 1.11 bits per heavy atom. The van der Waals surface area contributed by atoms with Gasteiger partial charge in [0.2, 0.25) is 11.8 Å². The van der Waals surface area contributed by atoms with Crippen LogP contribution in [0.4, 0.5) is 10.2 Å². The number of halogens is 1. The van der Waals surface area contributed by atoms with Crippen LogP contribution in [0.3, 0.4) is 0 Å². The van der Waals surface area contributed by atoms with Gasteiger partial charge in [-0.3, -0.25) is 29.8 Å². The Balaban J connectivity index is 1.14. The van der Waals surface area contributed by atoms with E-state index < -0.39 is 0 Å². The highest BCUT2D eigenvalue weighted by atomic mass is 32.1.